The second-order valence-electron chi connectivity index (χ2n) is 6.00. The number of nitrogens with one attached hydrogen (secondary N) is 1. The van der Waals surface area contributed by atoms with Gasteiger partial charge in [0.1, 0.15) is 0 Å². The molecular weight excluding hydrogens is 272 g/mol. The first-order valence-electron chi connectivity index (χ1n) is 7.21. The van der Waals surface area contributed by atoms with Gasteiger partial charge in [0, 0.05) is 18.3 Å². The summed E-state index contributed by atoms with van der Waals surface area (Å²) >= 11 is 3.72. The third-order valence-electron chi connectivity index (χ3n) is 4.23. The van der Waals surface area contributed by atoms with Crippen molar-refractivity contribution in [2.24, 2.45) is 10.4 Å². The van der Waals surface area contributed by atoms with Crippen LogP contribution in [-0.4, -0.2) is 23.5 Å². The zero-order valence-electron chi connectivity index (χ0n) is 11.5. The Bertz CT molecular complexity index is 433. The van der Waals surface area contributed by atoms with Crippen LogP contribution in [0.1, 0.15) is 38.2 Å². The number of thioether (sulfide) groups is 1. The van der Waals surface area contributed by atoms with E-state index >= 15 is 0 Å². The van der Waals surface area contributed by atoms with E-state index in [0.29, 0.717) is 11.5 Å². The van der Waals surface area contributed by atoms with E-state index in [-0.39, 0.29) is 0 Å². The van der Waals surface area contributed by atoms with Gasteiger partial charge in [-0.1, -0.05) is 24.6 Å². The van der Waals surface area contributed by atoms with Gasteiger partial charge < -0.3 is 5.32 Å². The van der Waals surface area contributed by atoms with Crippen molar-refractivity contribution in [2.75, 3.05) is 12.3 Å². The Morgan fingerprint density at radius 2 is 2.26 bits per heavy atom. The third kappa shape index (κ3) is 3.34. The van der Waals surface area contributed by atoms with Crippen molar-refractivity contribution >= 4 is 28.3 Å². The van der Waals surface area contributed by atoms with Crippen molar-refractivity contribution in [2.45, 2.75) is 45.1 Å². The molecule has 1 aliphatic carbocycles. The Kier molecular flexibility index (Phi) is 4.18. The summed E-state index contributed by atoms with van der Waals surface area (Å²) in [6.07, 6.45) is 6.69. The van der Waals surface area contributed by atoms with Crippen molar-refractivity contribution in [1.29, 1.82) is 0 Å². The molecule has 0 aromatic carbocycles. The molecule has 0 bridgehead atoms. The third-order valence-corrected chi connectivity index (χ3v) is 6.24. The minimum Gasteiger partial charge on any atom is -0.362 e. The molecule has 2 heterocycles. The molecule has 1 aromatic rings. The highest BCUT2D eigenvalue weighted by Gasteiger charge is 2.36. The van der Waals surface area contributed by atoms with E-state index < -0.39 is 0 Å². The Morgan fingerprint density at radius 1 is 1.42 bits per heavy atom. The summed E-state index contributed by atoms with van der Waals surface area (Å²) in [6, 6.07) is 2.69. The second kappa shape index (κ2) is 5.88. The van der Waals surface area contributed by atoms with Gasteiger partial charge in [-0.15, -0.1) is 0 Å². The van der Waals surface area contributed by atoms with Gasteiger partial charge in [0.15, 0.2) is 5.17 Å². The zero-order chi connectivity index (χ0) is 13.1. The fourth-order valence-corrected chi connectivity index (χ4v) is 5.04. The number of rotatable bonds is 3. The average Bonchev–Trinajstić information content (AvgIpc) is 3.05. The summed E-state index contributed by atoms with van der Waals surface area (Å²) < 4.78 is 0. The number of amidine groups is 1. The number of hydrogen-bond donors (Lipinski definition) is 1. The Morgan fingerprint density at radius 3 is 2.89 bits per heavy atom. The molecule has 1 aromatic heterocycles. The summed E-state index contributed by atoms with van der Waals surface area (Å²) in [4.78, 5) is 4.81. The molecule has 1 aliphatic heterocycles. The maximum atomic E-state index is 4.81. The quantitative estimate of drug-likeness (QED) is 0.913. The van der Waals surface area contributed by atoms with E-state index in [1.165, 1.54) is 42.2 Å². The summed E-state index contributed by atoms with van der Waals surface area (Å²) in [5.74, 6) is 1.27. The molecule has 1 N–H and O–H groups in total. The lowest BCUT2D eigenvalue weighted by atomic mass is 9.89. The molecule has 1 unspecified atom stereocenters. The van der Waals surface area contributed by atoms with Gasteiger partial charge in [0.05, 0.1) is 0 Å². The zero-order valence-corrected chi connectivity index (χ0v) is 13.2. The van der Waals surface area contributed by atoms with Gasteiger partial charge in [-0.3, -0.25) is 4.99 Å². The molecule has 2 nitrogen and oxygen atoms in total. The molecule has 1 spiro atoms. The summed E-state index contributed by atoms with van der Waals surface area (Å²) in [5.41, 5.74) is 1.98. The van der Waals surface area contributed by atoms with Crippen LogP contribution in [0.3, 0.4) is 0 Å². The first kappa shape index (κ1) is 13.5. The van der Waals surface area contributed by atoms with E-state index in [1.807, 2.05) is 11.8 Å². The topological polar surface area (TPSA) is 24.4 Å². The number of thiophene rings is 1. The second-order valence-corrected chi connectivity index (χ2v) is 7.74. The van der Waals surface area contributed by atoms with Crippen LogP contribution in [0.5, 0.6) is 0 Å². The van der Waals surface area contributed by atoms with Crippen LogP contribution in [0.4, 0.5) is 0 Å². The van der Waals surface area contributed by atoms with Crippen LogP contribution in [0.15, 0.2) is 21.8 Å². The number of aliphatic imine (C=N–C) groups is 1. The molecule has 19 heavy (non-hydrogen) atoms. The molecule has 3 rings (SSSR count). The predicted molar refractivity (Wildman–Crippen MR) is 86.3 cm³/mol. The van der Waals surface area contributed by atoms with E-state index in [2.05, 4.69) is 29.1 Å². The summed E-state index contributed by atoms with van der Waals surface area (Å²) in [7, 11) is 0. The van der Waals surface area contributed by atoms with Crippen LogP contribution in [0, 0.1) is 5.41 Å². The van der Waals surface area contributed by atoms with Gasteiger partial charge in [-0.2, -0.15) is 11.3 Å². The molecule has 1 saturated carbocycles. The molecular formula is C15H22N2S2. The SMILES string of the molecule is CC(Cc1ccsc1)NC1=NCC2(CCCC2)CS1. The van der Waals surface area contributed by atoms with Crippen LogP contribution >= 0.6 is 23.1 Å². The van der Waals surface area contributed by atoms with E-state index in [9.17, 15) is 0 Å². The molecule has 1 fully saturated rings. The van der Waals surface area contributed by atoms with Crippen LogP contribution in [0.2, 0.25) is 0 Å². The van der Waals surface area contributed by atoms with Crippen molar-refractivity contribution in [1.82, 2.24) is 5.32 Å². The minimum absolute atomic E-state index is 0.471. The number of hydrogen-bond acceptors (Lipinski definition) is 4. The summed E-state index contributed by atoms with van der Waals surface area (Å²) in [6.45, 7) is 3.30. The summed E-state index contributed by atoms with van der Waals surface area (Å²) in [5, 5.41) is 9.14. The van der Waals surface area contributed by atoms with Crippen LogP contribution in [-0.2, 0) is 6.42 Å². The lowest BCUT2D eigenvalue weighted by Crippen LogP contribution is -2.38. The Hall–Kier alpha value is -0.480. The minimum atomic E-state index is 0.471. The first-order valence-corrected chi connectivity index (χ1v) is 9.14. The largest absolute Gasteiger partial charge is 0.362 e. The smallest absolute Gasteiger partial charge is 0.156 e. The average molecular weight is 294 g/mol. The highest BCUT2D eigenvalue weighted by atomic mass is 32.2. The normalized spacial score (nSPS) is 23.3. The fraction of sp³-hybridized carbons (Fsp3) is 0.667. The maximum Gasteiger partial charge on any atom is 0.156 e. The van der Waals surface area contributed by atoms with Gasteiger partial charge in [0.2, 0.25) is 0 Å². The molecule has 0 amide bonds. The van der Waals surface area contributed by atoms with Gasteiger partial charge in [-0.05, 0) is 54.0 Å². The first-order chi connectivity index (χ1) is 9.26. The lowest BCUT2D eigenvalue weighted by molar-refractivity contribution is 0.358. The van der Waals surface area contributed by atoms with E-state index in [0.717, 1.165) is 13.0 Å². The van der Waals surface area contributed by atoms with Crippen LogP contribution in [0.25, 0.3) is 0 Å². The highest BCUT2D eigenvalue weighted by Crippen LogP contribution is 2.43. The van der Waals surface area contributed by atoms with E-state index in [4.69, 9.17) is 4.99 Å². The van der Waals surface area contributed by atoms with Crippen molar-refractivity contribution in [3.63, 3.8) is 0 Å². The molecule has 104 valence electrons. The molecule has 1 atom stereocenters. The van der Waals surface area contributed by atoms with E-state index in [1.54, 1.807) is 11.3 Å². The lowest BCUT2D eigenvalue weighted by Gasteiger charge is -2.31. The van der Waals surface area contributed by atoms with Crippen molar-refractivity contribution in [3.05, 3.63) is 22.4 Å². The van der Waals surface area contributed by atoms with Gasteiger partial charge in [-0.25, -0.2) is 0 Å². The Balaban J connectivity index is 1.52. The predicted octanol–water partition coefficient (Wildman–Crippen LogP) is 3.93. The molecule has 0 saturated heterocycles. The molecule has 2 aliphatic rings. The monoisotopic (exact) mass is 294 g/mol. The fourth-order valence-electron chi connectivity index (χ4n) is 3.09. The van der Waals surface area contributed by atoms with Crippen LogP contribution < -0.4 is 5.32 Å². The van der Waals surface area contributed by atoms with Gasteiger partial charge >= 0.3 is 0 Å². The molecule has 0 radical (unpaired) electrons. The van der Waals surface area contributed by atoms with Gasteiger partial charge in [0.25, 0.3) is 0 Å². The number of nitrogens with zero attached hydrogens (tertiary/aromatic N) is 1. The highest BCUT2D eigenvalue weighted by molar-refractivity contribution is 8.13. The maximum absolute atomic E-state index is 4.81. The Labute approximate surface area is 124 Å². The molecule has 4 heteroatoms. The van der Waals surface area contributed by atoms with Crippen molar-refractivity contribution in [3.8, 4) is 0 Å². The standard InChI is InChI=1S/C15H22N2S2/c1-12(8-13-4-7-18-9-13)17-14-16-10-15(11-19-14)5-2-3-6-15/h4,7,9,12H,2-3,5-6,8,10-11H2,1H3,(H,16,17). The van der Waals surface area contributed by atoms with Crippen molar-refractivity contribution < 1.29 is 0 Å².